The predicted molar refractivity (Wildman–Crippen MR) is 69.6 cm³/mol. The van der Waals surface area contributed by atoms with Crippen LogP contribution < -0.4 is 0 Å². The van der Waals surface area contributed by atoms with Crippen LogP contribution in [0.15, 0.2) is 0 Å². The van der Waals surface area contributed by atoms with Gasteiger partial charge in [-0.1, -0.05) is 45.4 Å². The van der Waals surface area contributed by atoms with E-state index in [1.54, 1.807) is 0 Å². The molecule has 96 valence electrons. The lowest BCUT2D eigenvalue weighted by Gasteiger charge is -2.22. The van der Waals surface area contributed by atoms with E-state index in [1.807, 2.05) is 0 Å². The van der Waals surface area contributed by atoms with Crippen molar-refractivity contribution in [3.05, 3.63) is 0 Å². The largest absolute Gasteiger partial charge is 0.392 e. The average Bonchev–Trinajstić information content (AvgIpc) is 2.70. The molecule has 0 amide bonds. The lowest BCUT2D eigenvalue weighted by atomic mass is 10.00. The van der Waals surface area contributed by atoms with Crippen molar-refractivity contribution in [2.24, 2.45) is 5.92 Å². The third-order valence-electron chi connectivity index (χ3n) is 3.75. The third-order valence-corrected chi connectivity index (χ3v) is 3.75. The molecule has 1 atom stereocenters. The molecule has 0 aromatic heterocycles. The number of rotatable bonds is 8. The van der Waals surface area contributed by atoms with Crippen molar-refractivity contribution in [2.75, 3.05) is 20.1 Å². The lowest BCUT2D eigenvalue weighted by Crippen LogP contribution is -2.31. The summed E-state index contributed by atoms with van der Waals surface area (Å²) >= 11 is 0. The van der Waals surface area contributed by atoms with Crippen LogP contribution in [0.4, 0.5) is 0 Å². The van der Waals surface area contributed by atoms with Crippen molar-refractivity contribution in [2.45, 2.75) is 64.4 Å². The smallest absolute Gasteiger partial charge is 0.0669 e. The first-order valence-electron chi connectivity index (χ1n) is 7.09. The first kappa shape index (κ1) is 14.0. The van der Waals surface area contributed by atoms with Crippen LogP contribution in [0.5, 0.6) is 0 Å². The molecule has 1 fully saturated rings. The maximum atomic E-state index is 9.99. The maximum Gasteiger partial charge on any atom is 0.0669 e. The molecule has 0 heterocycles. The van der Waals surface area contributed by atoms with Crippen LogP contribution in [0.2, 0.25) is 0 Å². The monoisotopic (exact) mass is 227 g/mol. The topological polar surface area (TPSA) is 23.5 Å². The zero-order chi connectivity index (χ0) is 11.8. The highest BCUT2D eigenvalue weighted by Crippen LogP contribution is 2.28. The summed E-state index contributed by atoms with van der Waals surface area (Å²) in [5.41, 5.74) is 0. The van der Waals surface area contributed by atoms with Gasteiger partial charge in [-0.25, -0.2) is 0 Å². The average molecular weight is 227 g/mol. The second-order valence-corrected chi connectivity index (χ2v) is 5.51. The van der Waals surface area contributed by atoms with Crippen molar-refractivity contribution < 1.29 is 5.11 Å². The van der Waals surface area contributed by atoms with E-state index >= 15 is 0 Å². The molecule has 0 saturated heterocycles. The molecule has 1 unspecified atom stereocenters. The molecule has 1 aliphatic rings. The normalized spacial score (nSPS) is 19.5. The molecule has 1 N–H and O–H groups in total. The highest BCUT2D eigenvalue weighted by molar-refractivity contribution is 4.72. The Balaban J connectivity index is 2.05. The van der Waals surface area contributed by atoms with Crippen LogP contribution >= 0.6 is 0 Å². The molecule has 2 nitrogen and oxygen atoms in total. The molecule has 16 heavy (non-hydrogen) atoms. The molecule has 1 saturated carbocycles. The van der Waals surface area contributed by atoms with Gasteiger partial charge in [-0.15, -0.1) is 0 Å². The first-order valence-corrected chi connectivity index (χ1v) is 7.09. The Bertz CT molecular complexity index is 166. The van der Waals surface area contributed by atoms with E-state index in [0.29, 0.717) is 0 Å². The summed E-state index contributed by atoms with van der Waals surface area (Å²) in [6.07, 6.45) is 10.2. The SMILES string of the molecule is CCCCCN(C)CC(O)CC1CCCC1. The fourth-order valence-corrected chi connectivity index (χ4v) is 2.79. The van der Waals surface area contributed by atoms with E-state index < -0.39 is 0 Å². The second-order valence-electron chi connectivity index (χ2n) is 5.51. The minimum Gasteiger partial charge on any atom is -0.392 e. The molecule has 0 radical (unpaired) electrons. The first-order chi connectivity index (χ1) is 7.72. The molecule has 0 aliphatic heterocycles. The van der Waals surface area contributed by atoms with Gasteiger partial charge in [0.1, 0.15) is 0 Å². The highest BCUT2D eigenvalue weighted by atomic mass is 16.3. The molecular formula is C14H29NO. The molecule has 0 spiro atoms. The fourth-order valence-electron chi connectivity index (χ4n) is 2.79. The number of hydrogen-bond donors (Lipinski definition) is 1. The highest BCUT2D eigenvalue weighted by Gasteiger charge is 2.19. The van der Waals surface area contributed by atoms with E-state index in [-0.39, 0.29) is 6.10 Å². The summed E-state index contributed by atoms with van der Waals surface area (Å²) in [5, 5.41) is 9.99. The number of aliphatic hydroxyl groups excluding tert-OH is 1. The Morgan fingerprint density at radius 1 is 1.25 bits per heavy atom. The van der Waals surface area contributed by atoms with Crippen molar-refractivity contribution in [1.82, 2.24) is 4.90 Å². The van der Waals surface area contributed by atoms with Crippen molar-refractivity contribution in [3.63, 3.8) is 0 Å². The van der Waals surface area contributed by atoms with Crippen LogP contribution in [-0.4, -0.2) is 36.2 Å². The van der Waals surface area contributed by atoms with Crippen molar-refractivity contribution >= 4 is 0 Å². The molecule has 2 heteroatoms. The molecule has 0 aromatic rings. The van der Waals surface area contributed by atoms with Crippen molar-refractivity contribution in [3.8, 4) is 0 Å². The van der Waals surface area contributed by atoms with Crippen LogP contribution in [0.3, 0.4) is 0 Å². The summed E-state index contributed by atoms with van der Waals surface area (Å²) in [5.74, 6) is 0.805. The quantitative estimate of drug-likeness (QED) is 0.644. The lowest BCUT2D eigenvalue weighted by molar-refractivity contribution is 0.101. The number of nitrogens with zero attached hydrogens (tertiary/aromatic N) is 1. The van der Waals surface area contributed by atoms with E-state index in [4.69, 9.17) is 0 Å². The molecular weight excluding hydrogens is 198 g/mol. The van der Waals surface area contributed by atoms with Gasteiger partial charge in [-0.05, 0) is 32.4 Å². The van der Waals surface area contributed by atoms with E-state index in [1.165, 1.54) is 44.9 Å². The molecule has 1 rings (SSSR count). The minimum absolute atomic E-state index is 0.102. The fraction of sp³-hybridized carbons (Fsp3) is 1.00. The summed E-state index contributed by atoms with van der Waals surface area (Å²) < 4.78 is 0. The number of unbranched alkanes of at least 4 members (excludes halogenated alkanes) is 2. The predicted octanol–water partition coefficient (Wildman–Crippen LogP) is 3.05. The van der Waals surface area contributed by atoms with Crippen LogP contribution in [0.1, 0.15) is 58.3 Å². The summed E-state index contributed by atoms with van der Waals surface area (Å²) in [4.78, 5) is 2.29. The van der Waals surface area contributed by atoms with Gasteiger partial charge in [-0.2, -0.15) is 0 Å². The number of hydrogen-bond acceptors (Lipinski definition) is 2. The van der Waals surface area contributed by atoms with Crippen LogP contribution in [-0.2, 0) is 0 Å². The summed E-state index contributed by atoms with van der Waals surface area (Å²) in [7, 11) is 2.13. The Morgan fingerprint density at radius 3 is 2.56 bits per heavy atom. The Kier molecular flexibility index (Phi) is 7.06. The van der Waals surface area contributed by atoms with E-state index in [9.17, 15) is 5.11 Å². The van der Waals surface area contributed by atoms with E-state index in [0.717, 1.165) is 25.4 Å². The molecule has 0 aromatic carbocycles. The van der Waals surface area contributed by atoms with E-state index in [2.05, 4.69) is 18.9 Å². The molecule has 1 aliphatic carbocycles. The van der Waals surface area contributed by atoms with Crippen LogP contribution in [0.25, 0.3) is 0 Å². The van der Waals surface area contributed by atoms with Gasteiger partial charge in [0.05, 0.1) is 6.10 Å². The Hall–Kier alpha value is -0.0800. The number of aliphatic hydroxyl groups is 1. The Labute approximate surface area is 101 Å². The second kappa shape index (κ2) is 8.08. The van der Waals surface area contributed by atoms with Gasteiger partial charge in [-0.3, -0.25) is 0 Å². The number of likely N-dealkylation sites (N-methyl/N-ethyl adjacent to an activating group) is 1. The third kappa shape index (κ3) is 5.86. The minimum atomic E-state index is -0.102. The van der Waals surface area contributed by atoms with Crippen LogP contribution in [0, 0.1) is 5.92 Å². The zero-order valence-corrected chi connectivity index (χ0v) is 11.1. The van der Waals surface area contributed by atoms with Gasteiger partial charge >= 0.3 is 0 Å². The van der Waals surface area contributed by atoms with Gasteiger partial charge in [0, 0.05) is 6.54 Å². The van der Waals surface area contributed by atoms with Crippen molar-refractivity contribution in [1.29, 1.82) is 0 Å². The molecule has 0 bridgehead atoms. The summed E-state index contributed by atoms with van der Waals surface area (Å²) in [6, 6.07) is 0. The zero-order valence-electron chi connectivity index (χ0n) is 11.1. The van der Waals surface area contributed by atoms with Gasteiger partial charge < -0.3 is 10.0 Å². The summed E-state index contributed by atoms with van der Waals surface area (Å²) in [6.45, 7) is 4.23. The van der Waals surface area contributed by atoms with Gasteiger partial charge in [0.25, 0.3) is 0 Å². The standard InChI is InChI=1S/C14H29NO/c1-3-4-7-10-15(2)12-14(16)11-13-8-5-6-9-13/h13-14,16H,3-12H2,1-2H3. The Morgan fingerprint density at radius 2 is 1.94 bits per heavy atom. The van der Waals surface area contributed by atoms with Gasteiger partial charge in [0.15, 0.2) is 0 Å². The van der Waals surface area contributed by atoms with Gasteiger partial charge in [0.2, 0.25) is 0 Å². The maximum absolute atomic E-state index is 9.99.